The molecule has 0 saturated carbocycles. The van der Waals surface area contributed by atoms with Crippen LogP contribution in [0.2, 0.25) is 5.54 Å². The molecule has 0 radical (unpaired) electrons. The van der Waals surface area contributed by atoms with E-state index in [0.29, 0.717) is 0 Å². The van der Waals surface area contributed by atoms with Crippen molar-refractivity contribution in [2.45, 2.75) is 155 Å². The van der Waals surface area contributed by atoms with Crippen molar-refractivity contribution in [3.05, 3.63) is 320 Å². The summed E-state index contributed by atoms with van der Waals surface area (Å²) in [5, 5.41) is 4.50. The van der Waals surface area contributed by atoms with Crippen LogP contribution < -0.4 is 15.6 Å². The Kier molecular flexibility index (Phi) is 16.9. The fourth-order valence-corrected chi connectivity index (χ4v) is 21.2. The molecule has 1 aliphatic rings. The van der Waals surface area contributed by atoms with Gasteiger partial charge in [0, 0.05) is 5.54 Å². The number of hydrogen-bond donors (Lipinski definition) is 0. The minimum absolute atomic E-state index is 0.161. The van der Waals surface area contributed by atoms with Crippen LogP contribution in [0.15, 0.2) is 186 Å². The summed E-state index contributed by atoms with van der Waals surface area (Å²) in [5.41, 5.74) is 38.4. The average Bonchev–Trinajstić information content (AvgIpc) is 2.46. The fraction of sp³-hybridized carbons (Fsp3) is 0.284. The van der Waals surface area contributed by atoms with E-state index in [0.717, 1.165) is 38.5 Å². The first-order valence-corrected chi connectivity index (χ1v) is 32.3. The van der Waals surface area contributed by atoms with Crippen LogP contribution in [0.3, 0.4) is 0 Å². The zero-order chi connectivity index (χ0) is 58.3. The molecule has 1 aliphatic carbocycles. The predicted octanol–water partition coefficient (Wildman–Crippen LogP) is 18.5. The average molecular weight is 1090 g/mol. The second-order valence-corrected chi connectivity index (χ2v) is 29.9. The molecule has 0 unspecified atom stereocenters. The van der Waals surface area contributed by atoms with Crippen LogP contribution in [-0.4, -0.2) is 8.07 Å². The molecule has 0 aliphatic heterocycles. The van der Waals surface area contributed by atoms with Crippen LogP contribution in [0, 0.1) is 83.1 Å². The monoisotopic (exact) mass is 1090 g/mol. The lowest BCUT2D eigenvalue weighted by Gasteiger charge is -2.42. The summed E-state index contributed by atoms with van der Waals surface area (Å²) in [7, 11) is -3.34. The van der Waals surface area contributed by atoms with Gasteiger partial charge in [0.1, 0.15) is 0 Å². The third kappa shape index (κ3) is 13.1. The molecule has 0 fully saturated rings. The van der Waals surface area contributed by atoms with Gasteiger partial charge in [-0.2, -0.15) is 0 Å². The van der Waals surface area contributed by atoms with E-state index >= 15 is 0 Å². The van der Waals surface area contributed by atoms with Crippen LogP contribution in [0.25, 0.3) is 0 Å². The molecule has 0 nitrogen and oxygen atoms in total. The zero-order valence-electron chi connectivity index (χ0n) is 52.4. The molecule has 0 saturated heterocycles. The third-order valence-electron chi connectivity index (χ3n) is 17.7. The van der Waals surface area contributed by atoms with Gasteiger partial charge >= 0.3 is 0 Å². The molecule has 416 valence electrons. The summed E-state index contributed by atoms with van der Waals surface area (Å²) in [5.74, 6) is 0. The Bertz CT molecular complexity index is 3260. The summed E-state index contributed by atoms with van der Waals surface area (Å²) < 4.78 is 0. The van der Waals surface area contributed by atoms with E-state index in [4.69, 9.17) is 0 Å². The first kappa shape index (κ1) is 57.9. The van der Waals surface area contributed by atoms with E-state index in [9.17, 15) is 0 Å². The lowest BCUT2D eigenvalue weighted by molar-refractivity contribution is 1.08. The van der Waals surface area contributed by atoms with Gasteiger partial charge in [0.25, 0.3) is 0 Å². The summed E-state index contributed by atoms with van der Waals surface area (Å²) in [6, 6.07) is 67.0. The molecule has 0 amide bonds. The first-order valence-electron chi connectivity index (χ1n) is 30.2. The maximum Gasteiger partial charge on any atom is 0.159 e. The fourth-order valence-electron chi connectivity index (χ4n) is 15.0. The molecule has 0 atom stereocenters. The Hall–Kier alpha value is -7.32. The van der Waals surface area contributed by atoms with Crippen molar-refractivity contribution in [1.29, 1.82) is 0 Å². The Morgan fingerprint density at radius 3 is 0.500 bits per heavy atom. The van der Waals surface area contributed by atoms with Crippen LogP contribution in [0.5, 0.6) is 0 Å². The highest BCUT2D eigenvalue weighted by atomic mass is 28.3. The Labute approximate surface area is 495 Å². The Morgan fingerprint density at radius 1 is 0.195 bits per heavy atom. The number of benzene rings is 9. The highest BCUT2D eigenvalue weighted by Gasteiger charge is 2.51. The smallest absolute Gasteiger partial charge is 0.0647 e. The highest BCUT2D eigenvalue weighted by molar-refractivity contribution is 7.13. The van der Waals surface area contributed by atoms with Crippen molar-refractivity contribution >= 4 is 23.6 Å². The maximum atomic E-state index is 2.72. The predicted molar refractivity (Wildman–Crippen MR) is 357 cm³/mol. The van der Waals surface area contributed by atoms with Crippen LogP contribution in [0.4, 0.5) is 0 Å². The molecule has 0 bridgehead atoms. The Morgan fingerprint density at radius 2 is 0.341 bits per heavy atom. The normalized spacial score (nSPS) is 13.0. The lowest BCUT2D eigenvalue weighted by atomic mass is 9.96. The van der Waals surface area contributed by atoms with Crippen molar-refractivity contribution in [3.8, 4) is 0 Å². The molecular weight excluding hydrogens is 1000 g/mol. The molecule has 10 rings (SSSR count). The molecule has 0 N–H and O–H groups in total. The summed E-state index contributed by atoms with van der Waals surface area (Å²) in [6.07, 6.45) is 5.18. The van der Waals surface area contributed by atoms with Crippen molar-refractivity contribution in [2.24, 2.45) is 0 Å². The molecule has 9 aromatic carbocycles. The molecule has 0 spiro atoms. The minimum atomic E-state index is -3.34. The van der Waals surface area contributed by atoms with E-state index in [1.54, 1.807) is 0 Å². The molecule has 0 aromatic heterocycles. The number of allylic oxidation sites excluding steroid dienone is 4. The Balaban J connectivity index is 1.37. The largest absolute Gasteiger partial charge is 0.159 e. The topological polar surface area (TPSA) is 0 Å². The van der Waals surface area contributed by atoms with E-state index in [-0.39, 0.29) is 5.54 Å². The lowest BCUT2D eigenvalue weighted by Crippen LogP contribution is -2.70. The zero-order valence-corrected chi connectivity index (χ0v) is 53.4. The van der Waals surface area contributed by atoms with E-state index < -0.39 is 8.07 Å². The first-order chi connectivity index (χ1) is 39.0. The van der Waals surface area contributed by atoms with Gasteiger partial charge in [-0.25, -0.2) is 0 Å². The van der Waals surface area contributed by atoms with E-state index in [1.165, 1.54) is 171 Å². The molecule has 0 heterocycles. The van der Waals surface area contributed by atoms with E-state index in [1.807, 2.05) is 0 Å². The van der Waals surface area contributed by atoms with Gasteiger partial charge < -0.3 is 0 Å². The van der Waals surface area contributed by atoms with Gasteiger partial charge in [-0.05, 0) is 243 Å². The standard InChI is InChI=1S/C81H88Si/c1-50-17-51(2)24-66(23-50)35-72-41-73(36-67-25-52(3)18-53(4)26-67)45-78(44-72)82(81-64(15)62(13)63(14)65(81)16,79-46-74(37-68-27-54(5)19-55(6)28-68)42-75(47-79)38-69-29-56(7)20-57(8)30-69)80-48-76(39-70-31-58(9)21-59(10)32-70)43-77(49-80)40-71-33-60(11)22-61(12)34-71/h17-34,41-49,81H,35-40H2,1-16H3. The summed E-state index contributed by atoms with van der Waals surface area (Å²) >= 11 is 0. The van der Waals surface area contributed by atoms with Gasteiger partial charge in [-0.15, -0.1) is 0 Å². The van der Waals surface area contributed by atoms with Crippen molar-refractivity contribution in [1.82, 2.24) is 0 Å². The van der Waals surface area contributed by atoms with Crippen molar-refractivity contribution < 1.29 is 0 Å². The van der Waals surface area contributed by atoms with Gasteiger partial charge in [0.2, 0.25) is 0 Å². The van der Waals surface area contributed by atoms with Gasteiger partial charge in [0.05, 0.1) is 0 Å². The molecule has 1 heteroatoms. The van der Waals surface area contributed by atoms with Gasteiger partial charge in [0.15, 0.2) is 8.07 Å². The maximum absolute atomic E-state index is 3.34. The molecule has 9 aromatic rings. The van der Waals surface area contributed by atoms with Crippen LogP contribution >= 0.6 is 0 Å². The second kappa shape index (κ2) is 23.9. The van der Waals surface area contributed by atoms with Crippen LogP contribution in [0.1, 0.15) is 161 Å². The van der Waals surface area contributed by atoms with E-state index in [2.05, 4.69) is 275 Å². The number of rotatable bonds is 16. The SMILES string of the molecule is CC1=C(C)C([Si](c2cc(Cc3cc(C)cc(C)c3)cc(Cc3cc(C)cc(C)c3)c2)(c2cc(Cc3cc(C)cc(C)c3)cc(Cc3cc(C)cc(C)c3)c2)c2cc(Cc3cc(C)cc(C)c3)cc(Cc3cc(C)cc(C)c3)c2)C(C)=C1C. The number of aryl methyl sites for hydroxylation is 12. The number of hydrogen-bond acceptors (Lipinski definition) is 0. The van der Waals surface area contributed by atoms with Crippen LogP contribution in [-0.2, 0) is 38.5 Å². The van der Waals surface area contributed by atoms with Crippen molar-refractivity contribution in [3.63, 3.8) is 0 Å². The highest BCUT2D eigenvalue weighted by Crippen LogP contribution is 2.47. The molecule has 82 heavy (non-hydrogen) atoms. The van der Waals surface area contributed by atoms with Gasteiger partial charge in [-0.3, -0.25) is 0 Å². The van der Waals surface area contributed by atoms with Gasteiger partial charge in [-0.1, -0.05) is 242 Å². The second-order valence-electron chi connectivity index (χ2n) is 26.0. The molecular formula is C81H88Si. The minimum Gasteiger partial charge on any atom is -0.0647 e. The summed E-state index contributed by atoms with van der Waals surface area (Å²) in [6.45, 7) is 36.9. The summed E-state index contributed by atoms with van der Waals surface area (Å²) in [4.78, 5) is 0. The quantitative estimate of drug-likeness (QED) is 0.0668. The van der Waals surface area contributed by atoms with Crippen molar-refractivity contribution in [2.75, 3.05) is 0 Å². The third-order valence-corrected chi connectivity index (χ3v) is 23.0.